The average molecular weight is 189 g/mol. The van der Waals surface area contributed by atoms with Gasteiger partial charge in [-0.25, -0.2) is 0 Å². The Morgan fingerprint density at radius 3 is 3.21 bits per heavy atom. The molecule has 0 amide bonds. The van der Waals surface area contributed by atoms with Crippen molar-refractivity contribution in [2.75, 3.05) is 6.61 Å². The van der Waals surface area contributed by atoms with Gasteiger partial charge in [-0.3, -0.25) is 9.79 Å². The first-order valence-corrected chi connectivity index (χ1v) is 4.58. The van der Waals surface area contributed by atoms with E-state index in [-0.39, 0.29) is 5.97 Å². The molecule has 0 fully saturated rings. The molecule has 3 heteroatoms. The van der Waals surface area contributed by atoms with Crippen molar-refractivity contribution in [3.63, 3.8) is 0 Å². The number of allylic oxidation sites excluding steroid dienone is 3. The van der Waals surface area contributed by atoms with E-state index in [1.165, 1.54) is 0 Å². The third-order valence-electron chi connectivity index (χ3n) is 2.33. The summed E-state index contributed by atoms with van der Waals surface area (Å²) in [4.78, 5) is 15.8. The Morgan fingerprint density at radius 2 is 2.43 bits per heavy atom. The van der Waals surface area contributed by atoms with Gasteiger partial charge in [0.05, 0.1) is 6.61 Å². The molecule has 0 spiro atoms. The van der Waals surface area contributed by atoms with Gasteiger partial charge in [-0.2, -0.15) is 0 Å². The van der Waals surface area contributed by atoms with Gasteiger partial charge in [0.15, 0.2) is 0 Å². The smallest absolute Gasteiger partial charge is 0.326 e. The summed E-state index contributed by atoms with van der Waals surface area (Å²) in [5.74, 6) is -0.256. The van der Waals surface area contributed by atoms with Crippen LogP contribution in [0.3, 0.4) is 0 Å². The number of hydrogen-bond acceptors (Lipinski definition) is 3. The highest BCUT2D eigenvalue weighted by Gasteiger charge is 2.41. The van der Waals surface area contributed by atoms with E-state index in [4.69, 9.17) is 4.74 Å². The van der Waals surface area contributed by atoms with Gasteiger partial charge in [0.1, 0.15) is 5.41 Å². The third kappa shape index (κ3) is 1.13. The number of carbonyl (C=O) groups is 1. The number of rotatable bonds is 2. The lowest BCUT2D eigenvalue weighted by Gasteiger charge is -2.23. The Hall–Kier alpha value is -1.64. The van der Waals surface area contributed by atoms with Gasteiger partial charge in [0, 0.05) is 12.4 Å². The second kappa shape index (κ2) is 3.25. The molecule has 0 bridgehead atoms. The molecule has 0 aromatic heterocycles. The number of hydrogen-bond donors (Lipinski definition) is 0. The molecule has 0 aromatic rings. The molecular weight excluding hydrogens is 178 g/mol. The minimum absolute atomic E-state index is 0.256. The first kappa shape index (κ1) is 8.94. The quantitative estimate of drug-likeness (QED) is 0.619. The van der Waals surface area contributed by atoms with E-state index in [9.17, 15) is 4.79 Å². The zero-order valence-corrected chi connectivity index (χ0v) is 7.93. The van der Waals surface area contributed by atoms with Crippen molar-refractivity contribution in [1.82, 2.24) is 0 Å². The number of carbonyl (C=O) groups excluding carboxylic acids is 1. The summed E-state index contributed by atoms with van der Waals surface area (Å²) in [6, 6.07) is 0. The molecule has 1 heterocycles. The van der Waals surface area contributed by atoms with Crippen LogP contribution in [0, 0.1) is 5.41 Å². The van der Waals surface area contributed by atoms with E-state index in [2.05, 4.69) is 4.99 Å². The predicted octanol–water partition coefficient (Wildman–Crippen LogP) is 1.63. The van der Waals surface area contributed by atoms with E-state index in [0.717, 1.165) is 5.57 Å². The van der Waals surface area contributed by atoms with Gasteiger partial charge in [-0.1, -0.05) is 24.3 Å². The number of esters is 1. The highest BCUT2D eigenvalue weighted by atomic mass is 16.5. The summed E-state index contributed by atoms with van der Waals surface area (Å²) in [5.41, 5.74) is 0.114. The molecule has 2 rings (SSSR count). The lowest BCUT2D eigenvalue weighted by atomic mass is 9.80. The lowest BCUT2D eigenvalue weighted by Crippen LogP contribution is -2.33. The van der Waals surface area contributed by atoms with Crippen LogP contribution in [0.15, 0.2) is 41.1 Å². The molecule has 0 N–H and O–H groups in total. The Kier molecular flexibility index (Phi) is 2.08. The minimum atomic E-state index is -0.759. The van der Waals surface area contributed by atoms with Gasteiger partial charge in [0.25, 0.3) is 0 Å². The van der Waals surface area contributed by atoms with E-state index >= 15 is 0 Å². The fourth-order valence-electron chi connectivity index (χ4n) is 1.59. The number of fused-ring (bicyclic) bond motifs is 1. The average Bonchev–Trinajstić information content (AvgIpc) is 2.62. The molecule has 1 atom stereocenters. The third-order valence-corrected chi connectivity index (χ3v) is 2.33. The van der Waals surface area contributed by atoms with E-state index in [0.29, 0.717) is 6.61 Å². The van der Waals surface area contributed by atoms with Crippen LogP contribution in [-0.4, -0.2) is 18.8 Å². The fourth-order valence-corrected chi connectivity index (χ4v) is 1.59. The van der Waals surface area contributed by atoms with Crippen molar-refractivity contribution < 1.29 is 9.53 Å². The SMILES string of the molecule is CCOC(=O)C12C=CC=CC1=CN=C2. The largest absolute Gasteiger partial charge is 0.465 e. The standard InChI is InChI=1S/C11H11NO2/c1-2-14-10(13)11-6-4-3-5-9(11)7-12-8-11/h3-8H,2H2,1H3. The van der Waals surface area contributed by atoms with Crippen molar-refractivity contribution in [3.8, 4) is 0 Å². The summed E-state index contributed by atoms with van der Waals surface area (Å²) >= 11 is 0. The molecule has 1 aliphatic heterocycles. The molecular formula is C11H11NO2. The van der Waals surface area contributed by atoms with Crippen LogP contribution < -0.4 is 0 Å². The summed E-state index contributed by atoms with van der Waals surface area (Å²) in [6.07, 6.45) is 10.7. The molecule has 0 saturated heterocycles. The molecule has 3 nitrogen and oxygen atoms in total. The van der Waals surface area contributed by atoms with Gasteiger partial charge in [-0.05, 0) is 12.5 Å². The molecule has 0 aromatic carbocycles. The van der Waals surface area contributed by atoms with Gasteiger partial charge >= 0.3 is 5.97 Å². The maximum Gasteiger partial charge on any atom is 0.326 e. The summed E-state index contributed by atoms with van der Waals surface area (Å²) in [5, 5.41) is 0. The molecule has 0 radical (unpaired) electrons. The maximum atomic E-state index is 11.8. The molecule has 1 aliphatic carbocycles. The molecule has 14 heavy (non-hydrogen) atoms. The normalized spacial score (nSPS) is 27.4. The van der Waals surface area contributed by atoms with Gasteiger partial charge < -0.3 is 4.74 Å². The lowest BCUT2D eigenvalue weighted by molar-refractivity contribution is -0.147. The van der Waals surface area contributed by atoms with Crippen molar-refractivity contribution in [2.45, 2.75) is 6.92 Å². The second-order valence-electron chi connectivity index (χ2n) is 3.17. The van der Waals surface area contributed by atoms with E-state index in [1.807, 2.05) is 24.3 Å². The Morgan fingerprint density at radius 1 is 1.57 bits per heavy atom. The number of ether oxygens (including phenoxy) is 1. The van der Waals surface area contributed by atoms with Crippen LogP contribution in [0.25, 0.3) is 0 Å². The molecule has 0 saturated carbocycles. The first-order chi connectivity index (χ1) is 6.79. The zero-order valence-electron chi connectivity index (χ0n) is 7.93. The van der Waals surface area contributed by atoms with E-state index in [1.54, 1.807) is 19.3 Å². The van der Waals surface area contributed by atoms with Gasteiger partial charge in [0.2, 0.25) is 0 Å². The summed E-state index contributed by atoms with van der Waals surface area (Å²) in [7, 11) is 0. The Labute approximate surface area is 82.5 Å². The fraction of sp³-hybridized carbons (Fsp3) is 0.273. The second-order valence-corrected chi connectivity index (χ2v) is 3.17. The van der Waals surface area contributed by atoms with Crippen LogP contribution in [-0.2, 0) is 9.53 Å². The highest BCUT2D eigenvalue weighted by Crippen LogP contribution is 2.36. The topological polar surface area (TPSA) is 38.7 Å². The monoisotopic (exact) mass is 189 g/mol. The van der Waals surface area contributed by atoms with Crippen LogP contribution in [0.2, 0.25) is 0 Å². The molecule has 2 aliphatic rings. The number of aliphatic imine (C=N–C) groups is 1. The predicted molar refractivity (Wildman–Crippen MR) is 53.9 cm³/mol. The van der Waals surface area contributed by atoms with Crippen LogP contribution in [0.4, 0.5) is 0 Å². The van der Waals surface area contributed by atoms with Gasteiger partial charge in [-0.15, -0.1) is 0 Å². The minimum Gasteiger partial charge on any atom is -0.465 e. The zero-order chi connectivity index (χ0) is 10.0. The van der Waals surface area contributed by atoms with Crippen LogP contribution >= 0.6 is 0 Å². The summed E-state index contributed by atoms with van der Waals surface area (Å²) < 4.78 is 5.03. The Bertz CT molecular complexity index is 377. The summed E-state index contributed by atoms with van der Waals surface area (Å²) in [6.45, 7) is 2.19. The van der Waals surface area contributed by atoms with Crippen LogP contribution in [0.5, 0.6) is 0 Å². The van der Waals surface area contributed by atoms with Crippen molar-refractivity contribution in [3.05, 3.63) is 36.1 Å². The molecule has 1 unspecified atom stereocenters. The van der Waals surface area contributed by atoms with Crippen LogP contribution in [0.1, 0.15) is 6.92 Å². The number of nitrogens with zero attached hydrogens (tertiary/aromatic N) is 1. The first-order valence-electron chi connectivity index (χ1n) is 4.58. The maximum absolute atomic E-state index is 11.8. The van der Waals surface area contributed by atoms with Crippen molar-refractivity contribution >= 4 is 12.2 Å². The Balaban J connectivity index is 2.35. The van der Waals surface area contributed by atoms with E-state index < -0.39 is 5.41 Å². The highest BCUT2D eigenvalue weighted by molar-refractivity contribution is 6.04. The van der Waals surface area contributed by atoms with Crippen molar-refractivity contribution in [1.29, 1.82) is 0 Å². The molecule has 72 valence electrons. The van der Waals surface area contributed by atoms with Crippen molar-refractivity contribution in [2.24, 2.45) is 10.4 Å².